The summed E-state index contributed by atoms with van der Waals surface area (Å²) in [6, 6.07) is 26.7. The molecule has 2 aliphatic rings. The topological polar surface area (TPSA) is 80.1 Å². The van der Waals surface area contributed by atoms with Crippen LogP contribution in [0, 0.1) is 0 Å². The minimum Gasteiger partial charge on any atom is -0.497 e. The maximum atomic E-state index is 14.9. The molecule has 5 aromatic rings. The van der Waals surface area contributed by atoms with Crippen LogP contribution in [-0.4, -0.2) is 30.4 Å². The smallest absolute Gasteiger partial charge is 0.291 e. The van der Waals surface area contributed by atoms with E-state index < -0.39 is 22.8 Å². The Morgan fingerprint density at radius 3 is 2.28 bits per heavy atom. The van der Waals surface area contributed by atoms with Crippen LogP contribution in [0.15, 0.2) is 100 Å². The van der Waals surface area contributed by atoms with Crippen molar-refractivity contribution in [2.75, 3.05) is 18.6 Å². The number of benzene rings is 4. The quantitative estimate of drug-likeness (QED) is 0.216. The normalized spacial score (nSPS) is 17.2. The summed E-state index contributed by atoms with van der Waals surface area (Å²) in [5.74, 6) is -0.345. The van der Waals surface area contributed by atoms with Gasteiger partial charge in [-0.15, -0.1) is 0 Å². The first kappa shape index (κ1) is 27.3. The van der Waals surface area contributed by atoms with Gasteiger partial charge in [0.05, 0.1) is 30.3 Å². The average Bonchev–Trinajstić information content (AvgIpc) is 3.41. The van der Waals surface area contributed by atoms with Crippen molar-refractivity contribution in [1.82, 2.24) is 4.90 Å². The Labute approximate surface area is 256 Å². The van der Waals surface area contributed by atoms with E-state index in [1.165, 1.54) is 11.0 Å². The molecule has 1 atom stereocenters. The lowest BCUT2D eigenvalue weighted by Gasteiger charge is -2.34. The van der Waals surface area contributed by atoms with Gasteiger partial charge in [0.15, 0.2) is 11.0 Å². The number of rotatable bonds is 6. The summed E-state index contributed by atoms with van der Waals surface area (Å²) in [6.45, 7) is 0.371. The van der Waals surface area contributed by atoms with E-state index in [0.717, 1.165) is 11.1 Å². The highest BCUT2D eigenvalue weighted by molar-refractivity contribution is 6.31. The molecule has 1 aromatic heterocycles. The molecular weight excluding hydrogens is 587 g/mol. The zero-order valence-corrected chi connectivity index (χ0v) is 24.5. The highest BCUT2D eigenvalue weighted by Crippen LogP contribution is 2.53. The predicted molar refractivity (Wildman–Crippen MR) is 165 cm³/mol. The number of hydrogen-bond donors (Lipinski definition) is 0. The molecule has 0 bridgehead atoms. The molecule has 4 aromatic carbocycles. The van der Waals surface area contributed by atoms with Crippen molar-refractivity contribution in [3.05, 3.63) is 139 Å². The van der Waals surface area contributed by atoms with Crippen LogP contribution >= 0.6 is 23.2 Å². The average molecular weight is 611 g/mol. The molecule has 0 fully saturated rings. The molecule has 0 saturated heterocycles. The number of fused-ring (bicyclic) bond motifs is 5. The Morgan fingerprint density at radius 1 is 0.837 bits per heavy atom. The van der Waals surface area contributed by atoms with Gasteiger partial charge < -0.3 is 19.0 Å². The number of para-hydroxylation sites is 1. The number of methoxy groups -OCH3 is 1. The number of ether oxygens (including phenoxy) is 1. The molecule has 3 heterocycles. The van der Waals surface area contributed by atoms with Crippen LogP contribution in [0.1, 0.15) is 32.8 Å². The Balaban J connectivity index is 1.43. The second kappa shape index (κ2) is 10.3. The molecule has 1 spiro atoms. The second-order valence-electron chi connectivity index (χ2n) is 10.6. The van der Waals surface area contributed by atoms with E-state index in [1.807, 2.05) is 54.6 Å². The Bertz CT molecular complexity index is 1990. The summed E-state index contributed by atoms with van der Waals surface area (Å²) in [5.41, 5.74) is 0.995. The molecule has 7 rings (SSSR count). The van der Waals surface area contributed by atoms with Crippen LogP contribution in [0.2, 0.25) is 10.0 Å². The lowest BCUT2D eigenvalue weighted by molar-refractivity contribution is -0.126. The minimum absolute atomic E-state index is 0.0121. The summed E-state index contributed by atoms with van der Waals surface area (Å²) in [6.07, 6.45) is 0.428. The highest BCUT2D eigenvalue weighted by atomic mass is 35.5. The number of nitrogens with zero attached hydrogens (tertiary/aromatic N) is 2. The van der Waals surface area contributed by atoms with Gasteiger partial charge in [-0.2, -0.15) is 0 Å². The predicted octanol–water partition coefficient (Wildman–Crippen LogP) is 6.60. The largest absolute Gasteiger partial charge is 0.497 e. The van der Waals surface area contributed by atoms with Gasteiger partial charge in [-0.05, 0) is 66.1 Å². The first-order valence-corrected chi connectivity index (χ1v) is 14.5. The highest BCUT2D eigenvalue weighted by Gasteiger charge is 2.64. The van der Waals surface area contributed by atoms with E-state index in [2.05, 4.69) is 0 Å². The number of carbonyl (C=O) groups is 2. The number of halogens is 2. The maximum absolute atomic E-state index is 14.9. The van der Waals surface area contributed by atoms with Gasteiger partial charge >= 0.3 is 0 Å². The molecule has 214 valence electrons. The molecule has 43 heavy (non-hydrogen) atoms. The standard InChI is InChI=1S/C34H24Cl2N2O5/c1-42-24-13-8-20(9-14-24)16-17-38-32(40)31-29(30(39)25-18-23(36)12-15-28(25)43-31)34(38)26-4-2-3-5-27(26)37(33(34)41)19-21-6-10-22(35)11-7-21/h2-15,18H,16-17,19H2,1H3. The monoisotopic (exact) mass is 610 g/mol. The summed E-state index contributed by atoms with van der Waals surface area (Å²) >= 11 is 12.4. The van der Waals surface area contributed by atoms with Gasteiger partial charge in [-0.3, -0.25) is 14.4 Å². The Kier molecular flexibility index (Phi) is 6.52. The summed E-state index contributed by atoms with van der Waals surface area (Å²) in [5, 5.41) is 1.13. The van der Waals surface area contributed by atoms with Crippen molar-refractivity contribution in [2.24, 2.45) is 0 Å². The number of anilines is 1. The molecule has 1 unspecified atom stereocenters. The van der Waals surface area contributed by atoms with Gasteiger partial charge in [0.2, 0.25) is 5.76 Å². The summed E-state index contributed by atoms with van der Waals surface area (Å²) in [7, 11) is 1.60. The van der Waals surface area contributed by atoms with E-state index in [-0.39, 0.29) is 35.4 Å². The van der Waals surface area contributed by atoms with E-state index in [9.17, 15) is 14.4 Å². The fourth-order valence-corrected chi connectivity index (χ4v) is 6.52. The van der Waals surface area contributed by atoms with Crippen molar-refractivity contribution >= 4 is 51.7 Å². The molecule has 0 N–H and O–H groups in total. The van der Waals surface area contributed by atoms with Crippen molar-refractivity contribution < 1.29 is 18.7 Å². The minimum atomic E-state index is -1.72. The van der Waals surface area contributed by atoms with E-state index in [1.54, 1.807) is 42.3 Å². The van der Waals surface area contributed by atoms with Crippen molar-refractivity contribution in [1.29, 1.82) is 0 Å². The van der Waals surface area contributed by atoms with Crippen LogP contribution in [0.5, 0.6) is 5.75 Å². The molecule has 2 amide bonds. The molecule has 7 nitrogen and oxygen atoms in total. The van der Waals surface area contributed by atoms with E-state index in [0.29, 0.717) is 33.5 Å². The molecular formula is C34H24Cl2N2O5. The molecule has 2 aliphatic heterocycles. The van der Waals surface area contributed by atoms with E-state index in [4.69, 9.17) is 32.4 Å². The Hall–Kier alpha value is -4.59. The van der Waals surface area contributed by atoms with Gasteiger partial charge in [0.25, 0.3) is 11.8 Å². The van der Waals surface area contributed by atoms with Crippen LogP contribution in [0.4, 0.5) is 5.69 Å². The third-order valence-corrected chi connectivity index (χ3v) is 8.72. The Morgan fingerprint density at radius 2 is 1.53 bits per heavy atom. The first-order valence-electron chi connectivity index (χ1n) is 13.7. The van der Waals surface area contributed by atoms with Gasteiger partial charge in [0.1, 0.15) is 11.3 Å². The first-order chi connectivity index (χ1) is 20.8. The van der Waals surface area contributed by atoms with E-state index >= 15 is 0 Å². The van der Waals surface area contributed by atoms with Crippen LogP contribution in [-0.2, 0) is 23.3 Å². The van der Waals surface area contributed by atoms with Crippen molar-refractivity contribution in [2.45, 2.75) is 18.5 Å². The van der Waals surface area contributed by atoms with Crippen molar-refractivity contribution in [3.63, 3.8) is 0 Å². The molecule has 0 aliphatic carbocycles. The maximum Gasteiger partial charge on any atom is 0.291 e. The number of amides is 2. The zero-order chi connectivity index (χ0) is 29.9. The van der Waals surface area contributed by atoms with Crippen LogP contribution in [0.3, 0.4) is 0 Å². The third-order valence-electron chi connectivity index (χ3n) is 8.23. The summed E-state index contributed by atoms with van der Waals surface area (Å²) in [4.78, 5) is 46.6. The molecule has 0 radical (unpaired) electrons. The lowest BCUT2D eigenvalue weighted by Crippen LogP contribution is -2.53. The number of carbonyl (C=O) groups excluding carboxylic acids is 2. The van der Waals surface area contributed by atoms with Crippen LogP contribution < -0.4 is 15.1 Å². The third kappa shape index (κ3) is 4.14. The van der Waals surface area contributed by atoms with Crippen molar-refractivity contribution in [3.8, 4) is 5.75 Å². The van der Waals surface area contributed by atoms with Gasteiger partial charge in [0, 0.05) is 22.2 Å². The fourth-order valence-electron chi connectivity index (χ4n) is 6.23. The SMILES string of the molecule is COc1ccc(CCN2C(=O)c3oc4ccc(Cl)cc4c(=O)c3C23C(=O)N(Cc2ccc(Cl)cc2)c2ccccc23)cc1. The fraction of sp³-hybridized carbons (Fsp3) is 0.147. The number of hydrogen-bond acceptors (Lipinski definition) is 5. The van der Waals surface area contributed by atoms with Gasteiger partial charge in [-0.25, -0.2) is 0 Å². The summed E-state index contributed by atoms with van der Waals surface area (Å²) < 4.78 is 11.4. The molecule has 0 saturated carbocycles. The lowest BCUT2D eigenvalue weighted by atomic mass is 9.83. The van der Waals surface area contributed by atoms with Crippen LogP contribution in [0.25, 0.3) is 11.0 Å². The second-order valence-corrected chi connectivity index (χ2v) is 11.4. The van der Waals surface area contributed by atoms with Gasteiger partial charge in [-0.1, -0.05) is 65.7 Å². The molecule has 9 heteroatoms. The zero-order valence-electron chi connectivity index (χ0n) is 23.0.